The van der Waals surface area contributed by atoms with Crippen molar-refractivity contribution in [3.05, 3.63) is 22.4 Å². The van der Waals surface area contributed by atoms with Crippen molar-refractivity contribution < 1.29 is 9.59 Å². The van der Waals surface area contributed by atoms with Gasteiger partial charge in [0.1, 0.15) is 0 Å². The molecular formula is C10H15N3O2S. The Bertz CT molecular complexity index is 351. The number of primary amides is 1. The number of hydrogen-bond donors (Lipinski definition) is 3. The number of hydrogen-bond acceptors (Lipinski definition) is 4. The number of nitrogens with one attached hydrogen (secondary N) is 2. The molecular weight excluding hydrogens is 226 g/mol. The van der Waals surface area contributed by atoms with Crippen LogP contribution in [-0.4, -0.2) is 24.9 Å². The molecule has 16 heavy (non-hydrogen) atoms. The summed E-state index contributed by atoms with van der Waals surface area (Å²) < 4.78 is 0. The third kappa shape index (κ3) is 4.00. The summed E-state index contributed by atoms with van der Waals surface area (Å²) in [4.78, 5) is 23.3. The van der Waals surface area contributed by atoms with E-state index in [0.29, 0.717) is 6.54 Å². The predicted octanol–water partition coefficient (Wildman–Crippen LogP) is -0.172. The SMILES string of the molecule is CNC(=O)CC(NCc1cccs1)C(N)=O. The number of amides is 2. The molecule has 2 amide bonds. The molecule has 0 saturated carbocycles. The van der Waals surface area contributed by atoms with Gasteiger partial charge in [-0.3, -0.25) is 9.59 Å². The van der Waals surface area contributed by atoms with Crippen molar-refractivity contribution >= 4 is 23.2 Å². The summed E-state index contributed by atoms with van der Waals surface area (Å²) in [6.45, 7) is 0.544. The Kier molecular flexibility index (Phi) is 4.94. The van der Waals surface area contributed by atoms with E-state index in [2.05, 4.69) is 10.6 Å². The third-order valence-electron chi connectivity index (χ3n) is 2.11. The summed E-state index contributed by atoms with van der Waals surface area (Å²) in [6.07, 6.45) is 0.0667. The first-order chi connectivity index (χ1) is 7.63. The van der Waals surface area contributed by atoms with Crippen molar-refractivity contribution in [2.45, 2.75) is 19.0 Å². The van der Waals surface area contributed by atoms with Gasteiger partial charge in [0.25, 0.3) is 0 Å². The average Bonchev–Trinajstić information content (AvgIpc) is 2.76. The van der Waals surface area contributed by atoms with Crippen LogP contribution < -0.4 is 16.4 Å². The number of thiophene rings is 1. The van der Waals surface area contributed by atoms with Crippen LogP contribution in [0, 0.1) is 0 Å². The quantitative estimate of drug-likeness (QED) is 0.646. The minimum Gasteiger partial charge on any atom is -0.368 e. The Morgan fingerprint density at radius 3 is 2.81 bits per heavy atom. The fraction of sp³-hybridized carbons (Fsp3) is 0.400. The highest BCUT2D eigenvalue weighted by Crippen LogP contribution is 2.08. The molecule has 0 spiro atoms. The van der Waals surface area contributed by atoms with Gasteiger partial charge in [0.05, 0.1) is 12.5 Å². The summed E-state index contributed by atoms with van der Waals surface area (Å²) >= 11 is 1.59. The van der Waals surface area contributed by atoms with Gasteiger partial charge in [-0.25, -0.2) is 0 Å². The van der Waals surface area contributed by atoms with Crippen LogP contribution in [0.25, 0.3) is 0 Å². The van der Waals surface area contributed by atoms with Gasteiger partial charge in [0.15, 0.2) is 0 Å². The van der Waals surface area contributed by atoms with Gasteiger partial charge in [-0.15, -0.1) is 11.3 Å². The van der Waals surface area contributed by atoms with Crippen LogP contribution in [0.3, 0.4) is 0 Å². The van der Waals surface area contributed by atoms with Crippen LogP contribution in [0.5, 0.6) is 0 Å². The molecule has 0 radical (unpaired) electrons. The topological polar surface area (TPSA) is 84.2 Å². The zero-order chi connectivity index (χ0) is 12.0. The molecule has 1 aromatic rings. The fourth-order valence-corrected chi connectivity index (χ4v) is 1.85. The molecule has 0 aromatic carbocycles. The molecule has 0 bridgehead atoms. The number of rotatable bonds is 6. The summed E-state index contributed by atoms with van der Waals surface area (Å²) in [6, 6.07) is 3.26. The summed E-state index contributed by atoms with van der Waals surface area (Å²) in [7, 11) is 1.53. The van der Waals surface area contributed by atoms with Crippen molar-refractivity contribution in [3.8, 4) is 0 Å². The summed E-state index contributed by atoms with van der Waals surface area (Å²) in [5.41, 5.74) is 5.20. The smallest absolute Gasteiger partial charge is 0.235 e. The van der Waals surface area contributed by atoms with Gasteiger partial charge in [-0.2, -0.15) is 0 Å². The molecule has 0 aliphatic rings. The highest BCUT2D eigenvalue weighted by atomic mass is 32.1. The standard InChI is InChI=1S/C10H15N3O2S/c1-12-9(14)5-8(10(11)15)13-6-7-3-2-4-16-7/h2-4,8,13H,5-6H2,1H3,(H2,11,15)(H,12,14). The maximum atomic E-state index is 11.1. The molecule has 0 aliphatic heterocycles. The molecule has 0 saturated heterocycles. The largest absolute Gasteiger partial charge is 0.368 e. The minimum absolute atomic E-state index is 0.0667. The Labute approximate surface area is 98.0 Å². The van der Waals surface area contributed by atoms with Gasteiger partial charge in [-0.1, -0.05) is 6.07 Å². The van der Waals surface area contributed by atoms with E-state index in [9.17, 15) is 9.59 Å². The fourth-order valence-electron chi connectivity index (χ4n) is 1.20. The van der Waals surface area contributed by atoms with Crippen LogP contribution in [-0.2, 0) is 16.1 Å². The molecule has 1 atom stereocenters. The molecule has 4 N–H and O–H groups in total. The van der Waals surface area contributed by atoms with Crippen LogP contribution in [0.2, 0.25) is 0 Å². The Balaban J connectivity index is 2.45. The minimum atomic E-state index is -0.623. The van der Waals surface area contributed by atoms with Crippen LogP contribution in [0.15, 0.2) is 17.5 Å². The molecule has 0 fully saturated rings. The molecule has 1 aromatic heterocycles. The molecule has 0 aliphatic carbocycles. The van der Waals surface area contributed by atoms with Crippen molar-refractivity contribution in [2.75, 3.05) is 7.05 Å². The molecule has 1 heterocycles. The predicted molar refractivity (Wildman–Crippen MR) is 62.8 cm³/mol. The van der Waals surface area contributed by atoms with E-state index < -0.39 is 11.9 Å². The van der Waals surface area contributed by atoms with Crippen molar-refractivity contribution in [3.63, 3.8) is 0 Å². The van der Waals surface area contributed by atoms with E-state index in [1.807, 2.05) is 17.5 Å². The zero-order valence-electron chi connectivity index (χ0n) is 9.03. The summed E-state index contributed by atoms with van der Waals surface area (Å²) in [5.74, 6) is -0.720. The van der Waals surface area contributed by atoms with Crippen LogP contribution in [0.4, 0.5) is 0 Å². The number of carbonyl (C=O) groups excluding carboxylic acids is 2. The maximum Gasteiger partial charge on any atom is 0.235 e. The van der Waals surface area contributed by atoms with E-state index in [1.165, 1.54) is 7.05 Å². The number of nitrogens with two attached hydrogens (primary N) is 1. The average molecular weight is 241 g/mol. The van der Waals surface area contributed by atoms with Gasteiger partial charge in [0.2, 0.25) is 11.8 Å². The lowest BCUT2D eigenvalue weighted by atomic mass is 10.2. The molecule has 6 heteroatoms. The van der Waals surface area contributed by atoms with Gasteiger partial charge in [-0.05, 0) is 11.4 Å². The molecule has 88 valence electrons. The molecule has 1 rings (SSSR count). The van der Waals surface area contributed by atoms with Crippen LogP contribution in [0.1, 0.15) is 11.3 Å². The second-order valence-electron chi connectivity index (χ2n) is 3.29. The van der Waals surface area contributed by atoms with Gasteiger partial charge in [0, 0.05) is 18.5 Å². The molecule has 5 nitrogen and oxygen atoms in total. The second-order valence-corrected chi connectivity index (χ2v) is 4.32. The highest BCUT2D eigenvalue weighted by Gasteiger charge is 2.18. The lowest BCUT2D eigenvalue weighted by molar-refractivity contribution is -0.126. The van der Waals surface area contributed by atoms with E-state index in [1.54, 1.807) is 11.3 Å². The highest BCUT2D eigenvalue weighted by molar-refractivity contribution is 7.09. The van der Waals surface area contributed by atoms with E-state index in [4.69, 9.17) is 5.73 Å². The van der Waals surface area contributed by atoms with E-state index >= 15 is 0 Å². The summed E-state index contributed by atoms with van der Waals surface area (Å²) in [5, 5.41) is 7.37. The Morgan fingerprint density at radius 1 is 1.56 bits per heavy atom. The first-order valence-corrected chi connectivity index (χ1v) is 5.77. The van der Waals surface area contributed by atoms with Crippen molar-refractivity contribution in [1.82, 2.24) is 10.6 Å². The van der Waals surface area contributed by atoms with E-state index in [-0.39, 0.29) is 12.3 Å². The first kappa shape index (κ1) is 12.7. The Morgan fingerprint density at radius 2 is 2.31 bits per heavy atom. The number of carbonyl (C=O) groups is 2. The van der Waals surface area contributed by atoms with Gasteiger partial charge >= 0.3 is 0 Å². The normalized spacial score (nSPS) is 12.1. The maximum absolute atomic E-state index is 11.1. The third-order valence-corrected chi connectivity index (χ3v) is 2.99. The van der Waals surface area contributed by atoms with E-state index in [0.717, 1.165) is 4.88 Å². The van der Waals surface area contributed by atoms with Gasteiger partial charge < -0.3 is 16.4 Å². The Hall–Kier alpha value is -1.40. The monoisotopic (exact) mass is 241 g/mol. The lowest BCUT2D eigenvalue weighted by Crippen LogP contribution is -2.43. The zero-order valence-corrected chi connectivity index (χ0v) is 9.84. The molecule has 1 unspecified atom stereocenters. The second kappa shape index (κ2) is 6.24. The van der Waals surface area contributed by atoms with Crippen molar-refractivity contribution in [2.24, 2.45) is 5.73 Å². The van der Waals surface area contributed by atoms with Crippen LogP contribution >= 0.6 is 11.3 Å². The lowest BCUT2D eigenvalue weighted by Gasteiger charge is -2.13. The van der Waals surface area contributed by atoms with Crippen molar-refractivity contribution in [1.29, 1.82) is 0 Å². The first-order valence-electron chi connectivity index (χ1n) is 4.89.